The van der Waals surface area contributed by atoms with Crippen molar-refractivity contribution in [2.45, 2.75) is 38.1 Å². The molecule has 3 N–H and O–H groups in total. The number of nitrogens with two attached hydrogens (primary N) is 1. The van der Waals surface area contributed by atoms with E-state index in [1.165, 1.54) is 5.56 Å². The van der Waals surface area contributed by atoms with Crippen molar-refractivity contribution in [3.05, 3.63) is 60.2 Å². The summed E-state index contributed by atoms with van der Waals surface area (Å²) in [5.41, 5.74) is 9.10. The maximum atomic E-state index is 13.1. The molecule has 1 fully saturated rings. The third kappa shape index (κ3) is 4.43. The first-order valence-electron chi connectivity index (χ1n) is 10.4. The largest absolute Gasteiger partial charge is 0.342 e. The van der Waals surface area contributed by atoms with Crippen molar-refractivity contribution in [2.75, 3.05) is 24.5 Å². The van der Waals surface area contributed by atoms with Gasteiger partial charge in [0.15, 0.2) is 0 Å². The minimum absolute atomic E-state index is 0.122. The number of imidazole rings is 1. The van der Waals surface area contributed by atoms with Gasteiger partial charge in [-0.3, -0.25) is 0 Å². The maximum absolute atomic E-state index is 13.1. The molecule has 2 heterocycles. The molecule has 3 aromatic rings. The SMILES string of the molecule is CC1(N)CCN(c2nc3ccccc3n2C(=O)NCCCc2ccccc2)CC1. The van der Waals surface area contributed by atoms with Gasteiger partial charge in [-0.25, -0.2) is 14.3 Å². The minimum atomic E-state index is -0.146. The highest BCUT2D eigenvalue weighted by Crippen LogP contribution is 2.27. The summed E-state index contributed by atoms with van der Waals surface area (Å²) in [6, 6.07) is 18.0. The number of aromatic nitrogens is 2. The fraction of sp³-hybridized carbons (Fsp3) is 0.391. The van der Waals surface area contributed by atoms with Gasteiger partial charge in [-0.15, -0.1) is 0 Å². The summed E-state index contributed by atoms with van der Waals surface area (Å²) in [6.45, 7) is 4.32. The van der Waals surface area contributed by atoms with Crippen LogP contribution in [0.3, 0.4) is 0 Å². The molecule has 0 spiro atoms. The predicted molar refractivity (Wildman–Crippen MR) is 117 cm³/mol. The van der Waals surface area contributed by atoms with Crippen LogP contribution >= 0.6 is 0 Å². The van der Waals surface area contributed by atoms with Gasteiger partial charge in [0, 0.05) is 25.2 Å². The van der Waals surface area contributed by atoms with E-state index >= 15 is 0 Å². The van der Waals surface area contributed by atoms with Crippen molar-refractivity contribution in [2.24, 2.45) is 5.73 Å². The fourth-order valence-electron chi connectivity index (χ4n) is 3.85. The number of nitrogens with zero attached hydrogens (tertiary/aromatic N) is 3. The molecule has 0 bridgehead atoms. The van der Waals surface area contributed by atoms with Crippen LogP contribution in [0, 0.1) is 0 Å². The van der Waals surface area contributed by atoms with Gasteiger partial charge < -0.3 is 16.0 Å². The lowest BCUT2D eigenvalue weighted by atomic mass is 9.91. The Morgan fingerprint density at radius 3 is 2.55 bits per heavy atom. The summed E-state index contributed by atoms with van der Waals surface area (Å²) in [6.07, 6.45) is 3.61. The number of carbonyl (C=O) groups is 1. The number of carbonyl (C=O) groups excluding carboxylic acids is 1. The van der Waals surface area contributed by atoms with Crippen molar-refractivity contribution in [3.63, 3.8) is 0 Å². The third-order valence-electron chi connectivity index (χ3n) is 5.70. The molecule has 0 saturated carbocycles. The molecular formula is C23H29N5O. The number of para-hydroxylation sites is 2. The molecule has 4 rings (SSSR count). The number of fused-ring (bicyclic) bond motifs is 1. The summed E-state index contributed by atoms with van der Waals surface area (Å²) < 4.78 is 1.72. The monoisotopic (exact) mass is 391 g/mol. The molecule has 1 amide bonds. The summed E-state index contributed by atoms with van der Waals surface area (Å²) in [5, 5.41) is 3.08. The number of benzene rings is 2. The van der Waals surface area contributed by atoms with Crippen LogP contribution in [0.4, 0.5) is 10.7 Å². The van der Waals surface area contributed by atoms with Crippen molar-refractivity contribution >= 4 is 23.0 Å². The number of aryl methyl sites for hydroxylation is 1. The van der Waals surface area contributed by atoms with Gasteiger partial charge >= 0.3 is 6.03 Å². The van der Waals surface area contributed by atoms with E-state index in [-0.39, 0.29) is 11.6 Å². The van der Waals surface area contributed by atoms with Crippen LogP contribution in [0.25, 0.3) is 11.0 Å². The molecule has 0 unspecified atom stereocenters. The summed E-state index contributed by atoms with van der Waals surface area (Å²) in [5.74, 6) is 0.710. The van der Waals surface area contributed by atoms with Crippen LogP contribution in [-0.4, -0.2) is 40.8 Å². The van der Waals surface area contributed by atoms with Gasteiger partial charge in [0.05, 0.1) is 11.0 Å². The van der Waals surface area contributed by atoms with Crippen LogP contribution in [-0.2, 0) is 6.42 Å². The second-order valence-electron chi connectivity index (χ2n) is 8.20. The van der Waals surface area contributed by atoms with Gasteiger partial charge in [0.25, 0.3) is 0 Å². The Morgan fingerprint density at radius 1 is 1.10 bits per heavy atom. The second-order valence-corrected chi connectivity index (χ2v) is 8.20. The van der Waals surface area contributed by atoms with E-state index < -0.39 is 0 Å². The van der Waals surface area contributed by atoms with Crippen molar-refractivity contribution in [3.8, 4) is 0 Å². The smallest absolute Gasteiger partial charge is 0.328 e. The number of hydrogen-bond acceptors (Lipinski definition) is 4. The molecule has 6 nitrogen and oxygen atoms in total. The number of nitrogens with one attached hydrogen (secondary N) is 1. The molecule has 0 radical (unpaired) electrons. The van der Waals surface area contributed by atoms with Gasteiger partial charge in [-0.05, 0) is 50.3 Å². The number of anilines is 1. The lowest BCUT2D eigenvalue weighted by Crippen LogP contribution is -2.49. The molecule has 1 aliphatic heterocycles. The number of piperidine rings is 1. The Labute approximate surface area is 171 Å². The predicted octanol–water partition coefficient (Wildman–Crippen LogP) is 3.54. The van der Waals surface area contributed by atoms with Crippen LogP contribution in [0.2, 0.25) is 0 Å². The fourth-order valence-corrected chi connectivity index (χ4v) is 3.85. The maximum Gasteiger partial charge on any atom is 0.328 e. The van der Waals surface area contributed by atoms with E-state index in [1.807, 2.05) is 42.5 Å². The zero-order valence-corrected chi connectivity index (χ0v) is 17.0. The van der Waals surface area contributed by atoms with Crippen LogP contribution in [0.1, 0.15) is 31.7 Å². The molecule has 1 aromatic heterocycles. The van der Waals surface area contributed by atoms with Crippen LogP contribution in [0.5, 0.6) is 0 Å². The lowest BCUT2D eigenvalue weighted by molar-refractivity contribution is 0.243. The number of hydrogen-bond donors (Lipinski definition) is 2. The second kappa shape index (κ2) is 8.25. The summed E-state index contributed by atoms with van der Waals surface area (Å²) >= 11 is 0. The molecule has 6 heteroatoms. The van der Waals surface area contributed by atoms with Gasteiger partial charge in [-0.1, -0.05) is 42.5 Å². The minimum Gasteiger partial charge on any atom is -0.342 e. The summed E-state index contributed by atoms with van der Waals surface area (Å²) in [7, 11) is 0. The van der Waals surface area contributed by atoms with Crippen LogP contribution < -0.4 is 16.0 Å². The molecule has 2 aromatic carbocycles. The first kappa shape index (κ1) is 19.5. The Morgan fingerprint density at radius 2 is 1.79 bits per heavy atom. The Kier molecular flexibility index (Phi) is 5.53. The highest BCUT2D eigenvalue weighted by molar-refractivity contribution is 5.93. The highest BCUT2D eigenvalue weighted by Gasteiger charge is 2.29. The van der Waals surface area contributed by atoms with Crippen molar-refractivity contribution in [1.82, 2.24) is 14.9 Å². The lowest BCUT2D eigenvalue weighted by Gasteiger charge is -2.37. The third-order valence-corrected chi connectivity index (χ3v) is 5.70. The Bertz CT molecular complexity index is 969. The Balaban J connectivity index is 1.48. The first-order valence-corrected chi connectivity index (χ1v) is 10.4. The standard InChI is InChI=1S/C23H29N5O/c1-23(24)13-16-27(17-14-23)21-26-19-11-5-6-12-20(19)28(21)22(29)25-15-7-10-18-8-3-2-4-9-18/h2-6,8-9,11-12H,7,10,13-17,24H2,1H3,(H,25,29). The van der Waals surface area contributed by atoms with E-state index in [0.29, 0.717) is 12.5 Å². The number of amides is 1. The normalized spacial score (nSPS) is 16.1. The van der Waals surface area contributed by atoms with Gasteiger partial charge in [0.2, 0.25) is 5.95 Å². The van der Waals surface area contributed by atoms with E-state index in [0.717, 1.165) is 49.8 Å². The van der Waals surface area contributed by atoms with Crippen molar-refractivity contribution in [1.29, 1.82) is 0 Å². The molecule has 29 heavy (non-hydrogen) atoms. The number of rotatable bonds is 5. The average Bonchev–Trinajstić information content (AvgIpc) is 3.11. The van der Waals surface area contributed by atoms with Crippen molar-refractivity contribution < 1.29 is 4.79 Å². The van der Waals surface area contributed by atoms with Crippen LogP contribution in [0.15, 0.2) is 54.6 Å². The zero-order chi connectivity index (χ0) is 20.3. The molecule has 0 atom stereocenters. The average molecular weight is 392 g/mol. The van der Waals surface area contributed by atoms with Gasteiger partial charge in [-0.2, -0.15) is 0 Å². The van der Waals surface area contributed by atoms with E-state index in [9.17, 15) is 4.79 Å². The Hall–Kier alpha value is -2.86. The quantitative estimate of drug-likeness (QED) is 0.652. The molecule has 0 aliphatic carbocycles. The molecule has 1 aliphatic rings. The molecular weight excluding hydrogens is 362 g/mol. The molecule has 1 saturated heterocycles. The van der Waals surface area contributed by atoms with Gasteiger partial charge in [0.1, 0.15) is 0 Å². The van der Waals surface area contributed by atoms with E-state index in [1.54, 1.807) is 4.57 Å². The summed E-state index contributed by atoms with van der Waals surface area (Å²) in [4.78, 5) is 20.0. The van der Waals surface area contributed by atoms with E-state index in [4.69, 9.17) is 10.7 Å². The van der Waals surface area contributed by atoms with E-state index in [2.05, 4.69) is 29.3 Å². The highest BCUT2D eigenvalue weighted by atomic mass is 16.2. The zero-order valence-electron chi connectivity index (χ0n) is 17.0. The first-order chi connectivity index (χ1) is 14.0. The topological polar surface area (TPSA) is 76.2 Å². The molecule has 152 valence electrons.